The molecule has 33 heavy (non-hydrogen) atoms. The third-order valence-corrected chi connectivity index (χ3v) is 5.18. The van der Waals surface area contributed by atoms with Gasteiger partial charge >= 0.3 is 6.36 Å². The standard InChI is InChI=1S/C22H16F3N5O2S/c23-22(24,25)32-18-10-4-7-16(12-18)27-19(31)14-33-21-29-28-20(15-6-5-11-26-13-15)30(21)17-8-2-1-3-9-17/h1-13H,14H2,(H,27,31). The Labute approximate surface area is 190 Å². The van der Waals surface area contributed by atoms with Crippen molar-refractivity contribution in [1.29, 1.82) is 0 Å². The van der Waals surface area contributed by atoms with E-state index in [0.29, 0.717) is 11.0 Å². The maximum Gasteiger partial charge on any atom is 0.573 e. The number of pyridine rings is 1. The van der Waals surface area contributed by atoms with Crippen LogP contribution >= 0.6 is 11.8 Å². The van der Waals surface area contributed by atoms with Crippen molar-refractivity contribution in [2.24, 2.45) is 0 Å². The van der Waals surface area contributed by atoms with Crippen molar-refractivity contribution in [3.05, 3.63) is 79.1 Å². The molecule has 1 N–H and O–H groups in total. The number of para-hydroxylation sites is 1. The molecule has 0 aliphatic heterocycles. The number of nitrogens with one attached hydrogen (secondary N) is 1. The normalized spacial score (nSPS) is 11.2. The van der Waals surface area contributed by atoms with E-state index in [0.717, 1.165) is 35.1 Å². The number of hydrogen-bond donors (Lipinski definition) is 1. The lowest BCUT2D eigenvalue weighted by atomic mass is 10.2. The highest BCUT2D eigenvalue weighted by molar-refractivity contribution is 7.99. The van der Waals surface area contributed by atoms with Gasteiger partial charge in [0, 0.05) is 35.4 Å². The highest BCUT2D eigenvalue weighted by atomic mass is 32.2. The largest absolute Gasteiger partial charge is 0.573 e. The number of nitrogens with zero attached hydrogens (tertiary/aromatic N) is 4. The number of amides is 1. The van der Waals surface area contributed by atoms with Gasteiger partial charge in [0.25, 0.3) is 0 Å². The first-order chi connectivity index (χ1) is 15.9. The molecule has 0 aliphatic rings. The van der Waals surface area contributed by atoms with E-state index in [2.05, 4.69) is 25.2 Å². The summed E-state index contributed by atoms with van der Waals surface area (Å²) in [4.78, 5) is 16.6. The van der Waals surface area contributed by atoms with Crippen LogP contribution in [0.5, 0.6) is 5.75 Å². The minimum atomic E-state index is -4.81. The zero-order valence-corrected chi connectivity index (χ0v) is 17.7. The lowest BCUT2D eigenvalue weighted by Crippen LogP contribution is -2.18. The van der Waals surface area contributed by atoms with Crippen molar-refractivity contribution < 1.29 is 22.7 Å². The molecule has 0 unspecified atom stereocenters. The molecule has 2 heterocycles. The number of benzene rings is 2. The van der Waals surface area contributed by atoms with Crippen molar-refractivity contribution in [3.8, 4) is 22.8 Å². The number of hydrogen-bond acceptors (Lipinski definition) is 6. The second-order valence-corrected chi connectivity index (χ2v) is 7.57. The molecule has 1 amide bonds. The monoisotopic (exact) mass is 471 g/mol. The van der Waals surface area contributed by atoms with Crippen LogP contribution in [-0.4, -0.2) is 37.8 Å². The lowest BCUT2D eigenvalue weighted by Gasteiger charge is -2.11. The van der Waals surface area contributed by atoms with Crippen molar-refractivity contribution in [2.75, 3.05) is 11.1 Å². The zero-order chi connectivity index (χ0) is 23.3. The summed E-state index contributed by atoms with van der Waals surface area (Å²) in [6.45, 7) is 0. The first kappa shape index (κ1) is 22.3. The molecule has 0 atom stereocenters. The highest BCUT2D eigenvalue weighted by Crippen LogP contribution is 2.28. The third-order valence-electron chi connectivity index (χ3n) is 4.25. The minimum absolute atomic E-state index is 0.0393. The Morgan fingerprint density at radius 2 is 1.85 bits per heavy atom. The lowest BCUT2D eigenvalue weighted by molar-refractivity contribution is -0.274. The molecule has 0 bridgehead atoms. The van der Waals surface area contributed by atoms with Gasteiger partial charge in [0.1, 0.15) is 5.75 Å². The van der Waals surface area contributed by atoms with Gasteiger partial charge < -0.3 is 10.1 Å². The minimum Gasteiger partial charge on any atom is -0.406 e. The van der Waals surface area contributed by atoms with Gasteiger partial charge in [-0.15, -0.1) is 23.4 Å². The maximum absolute atomic E-state index is 12.4. The van der Waals surface area contributed by atoms with Crippen LogP contribution in [0.1, 0.15) is 0 Å². The van der Waals surface area contributed by atoms with Crippen LogP contribution in [0.2, 0.25) is 0 Å². The predicted molar refractivity (Wildman–Crippen MR) is 117 cm³/mol. The number of halogens is 3. The Bertz CT molecular complexity index is 1230. The molecule has 0 spiro atoms. The second kappa shape index (κ2) is 9.74. The number of carbonyl (C=O) groups is 1. The fourth-order valence-corrected chi connectivity index (χ4v) is 3.71. The molecular weight excluding hydrogens is 455 g/mol. The van der Waals surface area contributed by atoms with Gasteiger partial charge in [0.15, 0.2) is 11.0 Å². The molecule has 11 heteroatoms. The van der Waals surface area contributed by atoms with Gasteiger partial charge in [-0.25, -0.2) is 0 Å². The van der Waals surface area contributed by atoms with E-state index in [9.17, 15) is 18.0 Å². The van der Waals surface area contributed by atoms with Crippen molar-refractivity contribution >= 4 is 23.4 Å². The molecule has 0 saturated carbocycles. The Balaban J connectivity index is 1.50. The van der Waals surface area contributed by atoms with Crippen LogP contribution in [0.25, 0.3) is 17.1 Å². The Morgan fingerprint density at radius 3 is 2.58 bits per heavy atom. The first-order valence-corrected chi connectivity index (χ1v) is 10.6. The second-order valence-electron chi connectivity index (χ2n) is 6.63. The molecule has 4 aromatic rings. The van der Waals surface area contributed by atoms with Crippen molar-refractivity contribution in [2.45, 2.75) is 11.5 Å². The van der Waals surface area contributed by atoms with Gasteiger partial charge in [-0.2, -0.15) is 0 Å². The smallest absolute Gasteiger partial charge is 0.406 e. The van der Waals surface area contributed by atoms with Crippen molar-refractivity contribution in [1.82, 2.24) is 19.7 Å². The van der Waals surface area contributed by atoms with Gasteiger partial charge in [-0.05, 0) is 36.4 Å². The van der Waals surface area contributed by atoms with Gasteiger partial charge in [0.2, 0.25) is 5.91 Å². The number of aromatic nitrogens is 4. The molecule has 0 fully saturated rings. The summed E-state index contributed by atoms with van der Waals surface area (Å²) in [6, 6.07) is 18.1. The molecule has 168 valence electrons. The maximum atomic E-state index is 12.4. The quantitative estimate of drug-likeness (QED) is 0.384. The predicted octanol–water partition coefficient (Wildman–Crippen LogP) is 4.96. The van der Waals surface area contributed by atoms with Crippen LogP contribution in [0, 0.1) is 0 Å². The Kier molecular flexibility index (Phi) is 6.59. The van der Waals surface area contributed by atoms with Crippen LogP contribution in [0.3, 0.4) is 0 Å². The molecule has 2 aromatic carbocycles. The molecule has 0 aliphatic carbocycles. The zero-order valence-electron chi connectivity index (χ0n) is 16.9. The molecule has 0 saturated heterocycles. The van der Waals surface area contributed by atoms with Gasteiger partial charge in [0.05, 0.1) is 5.75 Å². The van der Waals surface area contributed by atoms with E-state index in [4.69, 9.17) is 0 Å². The summed E-state index contributed by atoms with van der Waals surface area (Å²) in [5, 5.41) is 11.5. The number of ether oxygens (including phenoxy) is 1. The summed E-state index contributed by atoms with van der Waals surface area (Å²) in [6.07, 6.45) is -1.49. The van der Waals surface area contributed by atoms with Crippen molar-refractivity contribution in [3.63, 3.8) is 0 Å². The summed E-state index contributed by atoms with van der Waals surface area (Å²) in [5.41, 5.74) is 1.75. The first-order valence-electron chi connectivity index (χ1n) is 9.59. The van der Waals surface area contributed by atoms with Crippen LogP contribution < -0.4 is 10.1 Å². The Morgan fingerprint density at radius 1 is 1.03 bits per heavy atom. The topological polar surface area (TPSA) is 81.9 Å². The average Bonchev–Trinajstić information content (AvgIpc) is 3.22. The summed E-state index contributed by atoms with van der Waals surface area (Å²) in [5.74, 6) is -0.315. The molecule has 7 nitrogen and oxygen atoms in total. The van der Waals surface area contributed by atoms with E-state index in [1.165, 1.54) is 12.1 Å². The Hall–Kier alpha value is -3.86. The van der Waals surface area contributed by atoms with Crippen LogP contribution in [0.15, 0.2) is 84.3 Å². The number of anilines is 1. The number of thioether (sulfide) groups is 1. The van der Waals surface area contributed by atoms with Crippen LogP contribution in [-0.2, 0) is 4.79 Å². The molecule has 0 radical (unpaired) electrons. The number of rotatable bonds is 7. The number of alkyl halides is 3. The summed E-state index contributed by atoms with van der Waals surface area (Å²) < 4.78 is 42.9. The van der Waals surface area contributed by atoms with E-state index in [1.807, 2.05) is 41.0 Å². The molecular formula is C22H16F3N5O2S. The molecule has 2 aromatic heterocycles. The van der Waals surface area contributed by atoms with E-state index < -0.39 is 18.0 Å². The summed E-state index contributed by atoms with van der Waals surface area (Å²) >= 11 is 1.14. The van der Waals surface area contributed by atoms with Gasteiger partial charge in [-0.1, -0.05) is 36.0 Å². The fourth-order valence-electron chi connectivity index (χ4n) is 2.95. The summed E-state index contributed by atoms with van der Waals surface area (Å²) in [7, 11) is 0. The highest BCUT2D eigenvalue weighted by Gasteiger charge is 2.31. The van der Waals surface area contributed by atoms with Crippen LogP contribution in [0.4, 0.5) is 18.9 Å². The molecule has 4 rings (SSSR count). The third kappa shape index (κ3) is 5.89. The van der Waals surface area contributed by atoms with E-state index in [1.54, 1.807) is 18.5 Å². The van der Waals surface area contributed by atoms with Gasteiger partial charge in [-0.3, -0.25) is 14.3 Å². The number of carbonyl (C=O) groups excluding carboxylic acids is 1. The average molecular weight is 471 g/mol. The van der Waals surface area contributed by atoms with E-state index in [-0.39, 0.29) is 11.4 Å². The fraction of sp³-hybridized carbons (Fsp3) is 0.0909. The van der Waals surface area contributed by atoms with E-state index >= 15 is 0 Å². The SMILES string of the molecule is O=C(CSc1nnc(-c2cccnc2)n1-c1ccccc1)Nc1cccc(OC(F)(F)F)c1.